The maximum absolute atomic E-state index is 12.7. The molecule has 3 N–H and O–H groups in total. The minimum Gasteiger partial charge on any atom is -0.366 e. The molecule has 6 nitrogen and oxygen atoms in total. The Kier molecular flexibility index (Phi) is 4.54. The number of amides is 2. The Morgan fingerprint density at radius 2 is 1.92 bits per heavy atom. The Balaban J connectivity index is 1.96. The van der Waals surface area contributed by atoms with Crippen LogP contribution in [0.15, 0.2) is 53.1 Å². The molecule has 0 saturated heterocycles. The molecule has 0 aliphatic rings. The number of anilines is 1. The normalized spacial score (nSPS) is 10.5. The number of nitrogens with one attached hydrogen (secondary N) is 1. The van der Waals surface area contributed by atoms with Gasteiger partial charge in [0.05, 0.1) is 5.02 Å². The average Bonchev–Trinajstić information content (AvgIpc) is 2.97. The van der Waals surface area contributed by atoms with Crippen molar-refractivity contribution in [2.75, 3.05) is 5.32 Å². The van der Waals surface area contributed by atoms with Gasteiger partial charge in [-0.3, -0.25) is 9.59 Å². The van der Waals surface area contributed by atoms with E-state index in [0.717, 1.165) is 0 Å². The minimum absolute atomic E-state index is 0.276. The van der Waals surface area contributed by atoms with Gasteiger partial charge < -0.3 is 15.6 Å². The average molecular weight is 356 g/mol. The fourth-order valence-electron chi connectivity index (χ4n) is 2.42. The number of nitrogens with two attached hydrogens (primary N) is 1. The molecule has 0 saturated carbocycles. The van der Waals surface area contributed by atoms with Crippen LogP contribution in [0.25, 0.3) is 11.3 Å². The zero-order valence-corrected chi connectivity index (χ0v) is 14.0. The Morgan fingerprint density at radius 1 is 1.16 bits per heavy atom. The predicted octanol–water partition coefficient (Wildman–Crippen LogP) is 3.65. The van der Waals surface area contributed by atoms with Gasteiger partial charge in [-0.25, -0.2) is 0 Å². The minimum atomic E-state index is -0.575. The molecule has 0 bridgehead atoms. The van der Waals surface area contributed by atoms with Gasteiger partial charge in [-0.1, -0.05) is 41.0 Å². The van der Waals surface area contributed by atoms with Gasteiger partial charge in [0.2, 0.25) is 5.91 Å². The molecule has 3 rings (SSSR count). The van der Waals surface area contributed by atoms with Gasteiger partial charge in [0, 0.05) is 16.8 Å². The van der Waals surface area contributed by atoms with Crippen LogP contribution in [0.1, 0.15) is 26.5 Å². The van der Waals surface area contributed by atoms with Crippen molar-refractivity contribution < 1.29 is 14.1 Å². The number of hydrogen-bond acceptors (Lipinski definition) is 4. The first-order valence-corrected chi connectivity index (χ1v) is 7.77. The number of carbonyl (C=O) groups is 2. The Morgan fingerprint density at radius 3 is 2.64 bits per heavy atom. The van der Waals surface area contributed by atoms with Gasteiger partial charge in [0.15, 0.2) is 0 Å². The number of aryl methyl sites for hydroxylation is 1. The molecule has 0 aliphatic heterocycles. The van der Waals surface area contributed by atoms with Crippen molar-refractivity contribution >= 4 is 29.1 Å². The predicted molar refractivity (Wildman–Crippen MR) is 94.6 cm³/mol. The quantitative estimate of drug-likeness (QED) is 0.746. The van der Waals surface area contributed by atoms with Crippen LogP contribution >= 0.6 is 11.6 Å². The number of benzene rings is 2. The first-order chi connectivity index (χ1) is 12.0. The summed E-state index contributed by atoms with van der Waals surface area (Å²) >= 11 is 6.20. The van der Waals surface area contributed by atoms with Gasteiger partial charge in [-0.15, -0.1) is 0 Å². The van der Waals surface area contributed by atoms with E-state index in [4.69, 9.17) is 21.9 Å². The number of hydrogen-bond donors (Lipinski definition) is 2. The summed E-state index contributed by atoms with van der Waals surface area (Å²) in [5, 5.41) is 7.14. The Hall–Kier alpha value is -3.12. The summed E-state index contributed by atoms with van der Waals surface area (Å²) in [6.07, 6.45) is 0. The zero-order chi connectivity index (χ0) is 18.0. The summed E-state index contributed by atoms with van der Waals surface area (Å²) in [4.78, 5) is 24.0. The fraction of sp³-hybridized carbons (Fsp3) is 0.0556. The molecular weight excluding hydrogens is 342 g/mol. The molecule has 126 valence electrons. The van der Waals surface area contributed by atoms with Crippen LogP contribution in [0.5, 0.6) is 0 Å². The van der Waals surface area contributed by atoms with Gasteiger partial charge in [0.25, 0.3) is 5.91 Å². The van der Waals surface area contributed by atoms with Crippen molar-refractivity contribution in [1.82, 2.24) is 5.16 Å². The lowest BCUT2D eigenvalue weighted by atomic mass is 10.1. The first kappa shape index (κ1) is 16.7. The number of carbonyl (C=O) groups excluding carboxylic acids is 2. The van der Waals surface area contributed by atoms with Gasteiger partial charge in [-0.05, 0) is 31.2 Å². The van der Waals surface area contributed by atoms with Crippen molar-refractivity contribution in [2.45, 2.75) is 6.92 Å². The van der Waals surface area contributed by atoms with Crippen LogP contribution in [0.3, 0.4) is 0 Å². The van der Waals surface area contributed by atoms with Crippen molar-refractivity contribution in [3.05, 3.63) is 70.4 Å². The second-order valence-electron chi connectivity index (χ2n) is 5.34. The first-order valence-electron chi connectivity index (χ1n) is 7.39. The van der Waals surface area contributed by atoms with E-state index in [9.17, 15) is 9.59 Å². The number of rotatable bonds is 4. The van der Waals surface area contributed by atoms with Gasteiger partial charge >= 0.3 is 0 Å². The van der Waals surface area contributed by atoms with Crippen LogP contribution in [-0.2, 0) is 0 Å². The lowest BCUT2D eigenvalue weighted by Gasteiger charge is -2.07. The highest BCUT2D eigenvalue weighted by Crippen LogP contribution is 2.31. The summed E-state index contributed by atoms with van der Waals surface area (Å²) in [7, 11) is 0. The van der Waals surface area contributed by atoms with E-state index in [1.165, 1.54) is 6.07 Å². The topological polar surface area (TPSA) is 98.2 Å². The van der Waals surface area contributed by atoms with E-state index < -0.39 is 11.8 Å². The fourth-order valence-corrected chi connectivity index (χ4v) is 2.65. The number of aromatic nitrogens is 1. The van der Waals surface area contributed by atoms with E-state index in [2.05, 4.69) is 10.5 Å². The summed E-state index contributed by atoms with van der Waals surface area (Å²) < 4.78 is 5.18. The largest absolute Gasteiger partial charge is 0.366 e. The lowest BCUT2D eigenvalue weighted by Crippen LogP contribution is -2.15. The van der Waals surface area contributed by atoms with Crippen LogP contribution in [0.4, 0.5) is 5.69 Å². The Labute approximate surface area is 148 Å². The number of nitrogens with zero attached hydrogens (tertiary/aromatic N) is 1. The second kappa shape index (κ2) is 6.78. The molecule has 3 aromatic rings. The number of primary amides is 1. The monoisotopic (exact) mass is 355 g/mol. The van der Waals surface area contributed by atoms with Crippen LogP contribution in [0, 0.1) is 6.92 Å². The SMILES string of the molecule is Cc1onc(-c2ccccc2Cl)c1C(=O)Nc1cccc(C(N)=O)c1. The summed E-state index contributed by atoms with van der Waals surface area (Å²) in [6, 6.07) is 13.4. The van der Waals surface area contributed by atoms with E-state index in [1.54, 1.807) is 49.4 Å². The van der Waals surface area contributed by atoms with Gasteiger partial charge in [0.1, 0.15) is 17.0 Å². The highest BCUT2D eigenvalue weighted by Gasteiger charge is 2.23. The molecule has 0 unspecified atom stereocenters. The molecule has 25 heavy (non-hydrogen) atoms. The van der Waals surface area contributed by atoms with Crippen molar-refractivity contribution in [1.29, 1.82) is 0 Å². The molecule has 1 heterocycles. The van der Waals surface area contributed by atoms with Crippen LogP contribution in [0.2, 0.25) is 5.02 Å². The zero-order valence-electron chi connectivity index (χ0n) is 13.2. The van der Waals surface area contributed by atoms with E-state index >= 15 is 0 Å². The molecule has 2 amide bonds. The highest BCUT2D eigenvalue weighted by atomic mass is 35.5. The molecule has 0 spiro atoms. The summed E-state index contributed by atoms with van der Waals surface area (Å²) in [6.45, 7) is 1.64. The Bertz CT molecular complexity index is 966. The molecule has 0 atom stereocenters. The molecule has 7 heteroatoms. The third-order valence-electron chi connectivity index (χ3n) is 3.62. The summed E-state index contributed by atoms with van der Waals surface area (Å²) in [5.41, 5.74) is 7.22. The molecular formula is C18H14ClN3O3. The third-order valence-corrected chi connectivity index (χ3v) is 3.95. The van der Waals surface area contributed by atoms with E-state index in [0.29, 0.717) is 33.3 Å². The molecule has 0 aliphatic carbocycles. The molecule has 1 aromatic heterocycles. The van der Waals surface area contributed by atoms with E-state index in [-0.39, 0.29) is 5.56 Å². The van der Waals surface area contributed by atoms with Gasteiger partial charge in [-0.2, -0.15) is 0 Å². The number of halogens is 1. The molecule has 2 aromatic carbocycles. The van der Waals surface area contributed by atoms with Crippen LogP contribution in [-0.4, -0.2) is 17.0 Å². The highest BCUT2D eigenvalue weighted by molar-refractivity contribution is 6.33. The molecule has 0 radical (unpaired) electrons. The smallest absolute Gasteiger partial charge is 0.261 e. The van der Waals surface area contributed by atoms with Crippen LogP contribution < -0.4 is 11.1 Å². The van der Waals surface area contributed by atoms with Crippen molar-refractivity contribution in [3.8, 4) is 11.3 Å². The third kappa shape index (κ3) is 3.39. The standard InChI is InChI=1S/C18H14ClN3O3/c1-10-15(16(22-25-10)13-7-2-3-8-14(13)19)18(24)21-12-6-4-5-11(9-12)17(20)23/h2-9H,1H3,(H2,20,23)(H,21,24). The summed E-state index contributed by atoms with van der Waals surface area (Å²) in [5.74, 6) is -0.636. The molecule has 0 fully saturated rings. The maximum Gasteiger partial charge on any atom is 0.261 e. The maximum atomic E-state index is 12.7. The van der Waals surface area contributed by atoms with Crippen molar-refractivity contribution in [2.24, 2.45) is 5.73 Å². The van der Waals surface area contributed by atoms with E-state index in [1.807, 2.05) is 0 Å². The second-order valence-corrected chi connectivity index (χ2v) is 5.75. The lowest BCUT2D eigenvalue weighted by molar-refractivity contribution is 0.0996. The van der Waals surface area contributed by atoms with Crippen molar-refractivity contribution in [3.63, 3.8) is 0 Å².